The van der Waals surface area contributed by atoms with Crippen molar-refractivity contribution in [2.45, 2.75) is 19.3 Å². The van der Waals surface area contributed by atoms with Gasteiger partial charge in [-0.05, 0) is 12.8 Å². The van der Waals surface area contributed by atoms with Crippen LogP contribution < -0.4 is 16.0 Å². The topological polar surface area (TPSA) is 104 Å². The van der Waals surface area contributed by atoms with Crippen molar-refractivity contribution in [3.8, 4) is 0 Å². The van der Waals surface area contributed by atoms with Crippen LogP contribution in [0.3, 0.4) is 0 Å². The van der Waals surface area contributed by atoms with E-state index < -0.39 is 11.8 Å². The third-order valence-electron chi connectivity index (χ3n) is 3.06. The Bertz CT molecular complexity index is 396. The lowest BCUT2D eigenvalue weighted by Crippen LogP contribution is -2.44. The summed E-state index contributed by atoms with van der Waals surface area (Å²) in [7, 11) is 0. The molecule has 0 unspecified atom stereocenters. The summed E-state index contributed by atoms with van der Waals surface area (Å²) in [6.45, 7) is -0.406. The van der Waals surface area contributed by atoms with Crippen LogP contribution in [0.15, 0.2) is 0 Å². The van der Waals surface area contributed by atoms with E-state index in [1.807, 2.05) is 0 Å². The van der Waals surface area contributed by atoms with E-state index in [1.165, 1.54) is 0 Å². The van der Waals surface area contributed by atoms with Crippen molar-refractivity contribution in [2.75, 3.05) is 25.4 Å². The fraction of sp³-hybridized carbons (Fsp3) is 0.667. The van der Waals surface area contributed by atoms with Crippen molar-refractivity contribution in [1.29, 1.82) is 0 Å². The molecular weight excluding hydrogens is 282 g/mol. The second-order valence-corrected chi connectivity index (χ2v) is 4.90. The average Bonchev–Trinajstić information content (AvgIpc) is 2.38. The fourth-order valence-electron chi connectivity index (χ4n) is 1.60. The molecule has 1 aliphatic rings. The van der Waals surface area contributed by atoms with Crippen LogP contribution in [-0.2, 0) is 19.2 Å². The van der Waals surface area contributed by atoms with Gasteiger partial charge < -0.3 is 16.0 Å². The zero-order valence-corrected chi connectivity index (χ0v) is 12.0. The van der Waals surface area contributed by atoms with Gasteiger partial charge in [-0.1, -0.05) is 6.42 Å². The summed E-state index contributed by atoms with van der Waals surface area (Å²) in [4.78, 5) is 45.0. The molecule has 0 heterocycles. The summed E-state index contributed by atoms with van der Waals surface area (Å²) in [5.41, 5.74) is 0. The average molecular weight is 301 g/mol. The molecule has 0 aromatic heterocycles. The molecular formula is C12H19N3O4S. The highest BCUT2D eigenvalue weighted by Gasteiger charge is 2.24. The highest BCUT2D eigenvalue weighted by Crippen LogP contribution is 2.26. The van der Waals surface area contributed by atoms with E-state index in [9.17, 15) is 19.2 Å². The molecule has 3 amide bonds. The molecule has 7 nitrogen and oxygen atoms in total. The first-order valence-corrected chi connectivity index (χ1v) is 7.10. The first-order valence-electron chi connectivity index (χ1n) is 6.46. The molecule has 112 valence electrons. The fourth-order valence-corrected chi connectivity index (χ4v) is 1.71. The number of Topliss-reactive ketones (excluding diaryl/α,β-unsaturated/α-hetero) is 1. The van der Waals surface area contributed by atoms with Gasteiger partial charge in [-0.3, -0.25) is 19.2 Å². The molecule has 0 radical (unpaired) electrons. The summed E-state index contributed by atoms with van der Waals surface area (Å²) < 4.78 is 0. The van der Waals surface area contributed by atoms with Gasteiger partial charge in [-0.15, -0.1) is 0 Å². The highest BCUT2D eigenvalue weighted by atomic mass is 32.1. The van der Waals surface area contributed by atoms with E-state index in [0.717, 1.165) is 19.3 Å². The molecule has 3 N–H and O–H groups in total. The van der Waals surface area contributed by atoms with Gasteiger partial charge in [0.1, 0.15) is 0 Å². The van der Waals surface area contributed by atoms with Gasteiger partial charge >= 0.3 is 0 Å². The first kappa shape index (κ1) is 16.5. The van der Waals surface area contributed by atoms with Gasteiger partial charge in [0.25, 0.3) is 0 Å². The maximum absolute atomic E-state index is 11.5. The van der Waals surface area contributed by atoms with E-state index in [0.29, 0.717) is 0 Å². The molecule has 1 aliphatic carbocycles. The Hall–Kier alpha value is -1.57. The molecule has 1 rings (SSSR count). The molecule has 0 aromatic carbocycles. The third kappa shape index (κ3) is 6.05. The van der Waals surface area contributed by atoms with Crippen LogP contribution in [0.4, 0.5) is 0 Å². The lowest BCUT2D eigenvalue weighted by molar-refractivity contribution is -0.129. The van der Waals surface area contributed by atoms with Crippen LogP contribution in [-0.4, -0.2) is 48.9 Å². The number of hydrogen-bond donors (Lipinski definition) is 4. The molecule has 0 saturated heterocycles. The normalized spacial score (nSPS) is 14.1. The predicted molar refractivity (Wildman–Crippen MR) is 75.2 cm³/mol. The van der Waals surface area contributed by atoms with Crippen LogP contribution >= 0.6 is 12.6 Å². The van der Waals surface area contributed by atoms with Crippen LogP contribution in [0.1, 0.15) is 19.3 Å². The lowest BCUT2D eigenvalue weighted by atomic mass is 9.82. The van der Waals surface area contributed by atoms with Crippen molar-refractivity contribution in [3.05, 3.63) is 0 Å². The Labute approximate surface area is 122 Å². The van der Waals surface area contributed by atoms with E-state index in [2.05, 4.69) is 28.6 Å². The largest absolute Gasteiger partial charge is 0.347 e. The molecule has 20 heavy (non-hydrogen) atoms. The highest BCUT2D eigenvalue weighted by molar-refractivity contribution is 7.81. The number of ketones is 1. The maximum atomic E-state index is 11.5. The first-order chi connectivity index (χ1) is 9.52. The monoisotopic (exact) mass is 301 g/mol. The Kier molecular flexibility index (Phi) is 7.06. The van der Waals surface area contributed by atoms with E-state index in [1.54, 1.807) is 0 Å². The van der Waals surface area contributed by atoms with Gasteiger partial charge in [0, 0.05) is 5.92 Å². The van der Waals surface area contributed by atoms with E-state index in [4.69, 9.17) is 0 Å². The van der Waals surface area contributed by atoms with Crippen LogP contribution in [0.5, 0.6) is 0 Å². The minimum atomic E-state index is -0.472. The number of nitrogens with one attached hydrogen (secondary N) is 3. The van der Waals surface area contributed by atoms with Crippen LogP contribution in [0.2, 0.25) is 0 Å². The van der Waals surface area contributed by atoms with Gasteiger partial charge in [0.15, 0.2) is 5.78 Å². The zero-order valence-electron chi connectivity index (χ0n) is 11.1. The minimum absolute atomic E-state index is 0.00293. The standard InChI is InChI=1S/C12H19N3O4S/c16-9(8-2-1-3-8)4-13-10(17)5-14-11(18)6-15-12(19)7-20/h8,20H,1-7H2,(H,13,17)(H,14,18)(H,15,19). The van der Waals surface area contributed by atoms with Gasteiger partial charge in [-0.25, -0.2) is 0 Å². The number of amides is 3. The van der Waals surface area contributed by atoms with Crippen molar-refractivity contribution in [1.82, 2.24) is 16.0 Å². The molecule has 1 saturated carbocycles. The molecule has 0 bridgehead atoms. The molecule has 0 aromatic rings. The number of rotatable bonds is 8. The number of carbonyl (C=O) groups excluding carboxylic acids is 4. The summed E-state index contributed by atoms with van der Waals surface area (Å²) in [6.07, 6.45) is 2.87. The quantitative estimate of drug-likeness (QED) is 0.415. The third-order valence-corrected chi connectivity index (χ3v) is 3.34. The van der Waals surface area contributed by atoms with E-state index in [-0.39, 0.29) is 43.0 Å². The van der Waals surface area contributed by atoms with E-state index >= 15 is 0 Å². The molecule has 1 fully saturated rings. The Morgan fingerprint density at radius 1 is 0.850 bits per heavy atom. The van der Waals surface area contributed by atoms with Crippen molar-refractivity contribution < 1.29 is 19.2 Å². The second kappa shape index (κ2) is 8.57. The SMILES string of the molecule is O=C(CS)NCC(=O)NCC(=O)NCC(=O)C1CCC1. The van der Waals surface area contributed by atoms with Gasteiger partial charge in [0.05, 0.1) is 25.4 Å². The number of hydrogen-bond acceptors (Lipinski definition) is 5. The van der Waals surface area contributed by atoms with Crippen LogP contribution in [0, 0.1) is 5.92 Å². The lowest BCUT2D eigenvalue weighted by Gasteiger charge is -2.23. The zero-order chi connectivity index (χ0) is 15.0. The van der Waals surface area contributed by atoms with Crippen molar-refractivity contribution in [3.63, 3.8) is 0 Å². The minimum Gasteiger partial charge on any atom is -0.347 e. The smallest absolute Gasteiger partial charge is 0.239 e. The van der Waals surface area contributed by atoms with Crippen LogP contribution in [0.25, 0.3) is 0 Å². The number of thiol groups is 1. The predicted octanol–water partition coefficient (Wildman–Crippen LogP) is -1.37. The Balaban J connectivity index is 2.08. The molecule has 0 aliphatic heterocycles. The van der Waals surface area contributed by atoms with Crippen molar-refractivity contribution >= 4 is 36.1 Å². The molecule has 0 atom stereocenters. The van der Waals surface area contributed by atoms with Gasteiger partial charge in [-0.2, -0.15) is 12.6 Å². The number of carbonyl (C=O) groups is 4. The second-order valence-electron chi connectivity index (χ2n) is 4.58. The molecule has 8 heteroatoms. The molecule has 0 spiro atoms. The Morgan fingerprint density at radius 2 is 1.35 bits per heavy atom. The maximum Gasteiger partial charge on any atom is 0.239 e. The summed E-state index contributed by atoms with van der Waals surface area (Å²) in [5, 5.41) is 7.12. The Morgan fingerprint density at radius 3 is 1.80 bits per heavy atom. The summed E-state index contributed by atoms with van der Waals surface area (Å²) in [5.74, 6) is -1.14. The summed E-state index contributed by atoms with van der Waals surface area (Å²) >= 11 is 3.74. The van der Waals surface area contributed by atoms with Gasteiger partial charge in [0.2, 0.25) is 17.7 Å². The van der Waals surface area contributed by atoms with Crippen molar-refractivity contribution in [2.24, 2.45) is 5.92 Å². The summed E-state index contributed by atoms with van der Waals surface area (Å²) in [6, 6.07) is 0.